The van der Waals surface area contributed by atoms with E-state index in [9.17, 15) is 0 Å². The number of benzene rings is 1. The van der Waals surface area contributed by atoms with Crippen LogP contribution in [0.4, 0.5) is 0 Å². The van der Waals surface area contributed by atoms with Crippen LogP contribution in [-0.2, 0) is 0 Å². The van der Waals surface area contributed by atoms with Crippen molar-refractivity contribution in [3.05, 3.63) is 60.6 Å². The first-order valence-corrected chi connectivity index (χ1v) is 4.12. The van der Waals surface area contributed by atoms with Gasteiger partial charge in [0.2, 0.25) is 0 Å². The van der Waals surface area contributed by atoms with Gasteiger partial charge in [0.25, 0.3) is 0 Å². The van der Waals surface area contributed by atoms with Crippen LogP contribution >= 0.6 is 0 Å². The van der Waals surface area contributed by atoms with Gasteiger partial charge in [-0.25, -0.2) is 0 Å². The third kappa shape index (κ3) is 1.51. The first kappa shape index (κ1) is 7.80. The lowest BCUT2D eigenvalue weighted by atomic mass is 10.1. The Morgan fingerprint density at radius 1 is 1.15 bits per heavy atom. The minimum atomic E-state index is 0.841. The topological polar surface area (TPSA) is 24.4 Å². The van der Waals surface area contributed by atoms with Crippen molar-refractivity contribution in [1.29, 1.82) is 0 Å². The predicted octanol–water partition coefficient (Wildman–Crippen LogP) is 2.06. The lowest BCUT2D eigenvalue weighted by Crippen LogP contribution is -2.17. The van der Waals surface area contributed by atoms with E-state index >= 15 is 0 Å². The van der Waals surface area contributed by atoms with E-state index in [1.165, 1.54) is 0 Å². The van der Waals surface area contributed by atoms with Gasteiger partial charge < -0.3 is 5.32 Å². The number of aliphatic imine (C=N–C) groups is 1. The fraction of sp³-hybridized carbons (Fsp3) is 0. The number of nitrogens with zero attached hydrogens (tertiary/aromatic N) is 1. The summed E-state index contributed by atoms with van der Waals surface area (Å²) < 4.78 is 0. The number of allylic oxidation sites excluding steroid dienone is 1. The van der Waals surface area contributed by atoms with Gasteiger partial charge in [-0.3, -0.25) is 4.99 Å². The van der Waals surface area contributed by atoms with E-state index < -0.39 is 0 Å². The molecule has 13 heavy (non-hydrogen) atoms. The molecule has 0 saturated heterocycles. The van der Waals surface area contributed by atoms with E-state index in [0.717, 1.165) is 17.0 Å². The molecule has 0 radical (unpaired) electrons. The van der Waals surface area contributed by atoms with Crippen molar-refractivity contribution >= 4 is 5.71 Å². The molecule has 0 amide bonds. The van der Waals surface area contributed by atoms with Gasteiger partial charge in [-0.1, -0.05) is 36.9 Å². The molecule has 0 atom stereocenters. The second kappa shape index (κ2) is 3.27. The van der Waals surface area contributed by atoms with Crippen molar-refractivity contribution in [2.45, 2.75) is 0 Å². The Morgan fingerprint density at radius 2 is 1.92 bits per heavy atom. The van der Waals surface area contributed by atoms with Gasteiger partial charge in [-0.05, 0) is 0 Å². The molecule has 1 aromatic carbocycles. The van der Waals surface area contributed by atoms with Crippen molar-refractivity contribution in [3.8, 4) is 0 Å². The zero-order valence-electron chi connectivity index (χ0n) is 7.20. The summed E-state index contributed by atoms with van der Waals surface area (Å²) in [5.74, 6) is 0. The van der Waals surface area contributed by atoms with E-state index in [1.807, 2.05) is 30.3 Å². The Labute approximate surface area is 77.3 Å². The molecule has 1 aliphatic rings. The van der Waals surface area contributed by atoms with Crippen LogP contribution in [0.15, 0.2) is 60.0 Å². The molecule has 0 bridgehead atoms. The summed E-state index contributed by atoms with van der Waals surface area (Å²) in [5, 5.41) is 3.02. The summed E-state index contributed by atoms with van der Waals surface area (Å²) in [7, 11) is 0. The van der Waals surface area contributed by atoms with Crippen LogP contribution in [0, 0.1) is 0 Å². The van der Waals surface area contributed by atoms with Gasteiger partial charge in [0.1, 0.15) is 0 Å². The van der Waals surface area contributed by atoms with Gasteiger partial charge in [-0.15, -0.1) is 0 Å². The van der Waals surface area contributed by atoms with Gasteiger partial charge in [0, 0.05) is 18.0 Å². The average molecular weight is 170 g/mol. The van der Waals surface area contributed by atoms with Crippen molar-refractivity contribution in [1.82, 2.24) is 5.32 Å². The van der Waals surface area contributed by atoms with Gasteiger partial charge in [0.05, 0.1) is 11.4 Å². The van der Waals surface area contributed by atoms with Crippen LogP contribution in [0.5, 0.6) is 0 Å². The molecule has 1 N–H and O–H groups in total. The van der Waals surface area contributed by atoms with Gasteiger partial charge in [0.15, 0.2) is 0 Å². The zero-order chi connectivity index (χ0) is 9.10. The number of nitrogens with one attached hydrogen (secondary N) is 1. The van der Waals surface area contributed by atoms with Crippen LogP contribution < -0.4 is 5.32 Å². The van der Waals surface area contributed by atoms with E-state index in [2.05, 4.69) is 16.9 Å². The molecular weight excluding hydrogens is 160 g/mol. The number of rotatable bonds is 1. The molecule has 0 spiro atoms. The Hall–Kier alpha value is -1.83. The second-order valence-electron chi connectivity index (χ2n) is 2.78. The SMILES string of the molecule is C=C1NC=CN=C1c1ccccc1. The van der Waals surface area contributed by atoms with Crippen LogP contribution in [0.3, 0.4) is 0 Å². The maximum atomic E-state index is 4.25. The van der Waals surface area contributed by atoms with E-state index in [0.29, 0.717) is 0 Å². The molecule has 1 aliphatic heterocycles. The molecule has 0 aliphatic carbocycles. The molecule has 2 nitrogen and oxygen atoms in total. The fourth-order valence-electron chi connectivity index (χ4n) is 1.24. The van der Waals surface area contributed by atoms with Crippen molar-refractivity contribution < 1.29 is 0 Å². The lowest BCUT2D eigenvalue weighted by molar-refractivity contribution is 1.11. The molecule has 0 aromatic heterocycles. The maximum Gasteiger partial charge on any atom is 0.0930 e. The molecule has 0 saturated carbocycles. The third-order valence-electron chi connectivity index (χ3n) is 1.87. The largest absolute Gasteiger partial charge is 0.359 e. The normalized spacial score (nSPS) is 15.1. The Morgan fingerprint density at radius 3 is 2.62 bits per heavy atom. The first-order valence-electron chi connectivity index (χ1n) is 4.12. The van der Waals surface area contributed by atoms with Gasteiger partial charge in [-0.2, -0.15) is 0 Å². The molecule has 2 rings (SSSR count). The van der Waals surface area contributed by atoms with Crippen LogP contribution in [-0.4, -0.2) is 5.71 Å². The summed E-state index contributed by atoms with van der Waals surface area (Å²) in [6.45, 7) is 3.88. The zero-order valence-corrected chi connectivity index (χ0v) is 7.20. The molecule has 0 unspecified atom stereocenters. The maximum absolute atomic E-state index is 4.25. The van der Waals surface area contributed by atoms with Crippen molar-refractivity contribution in [2.24, 2.45) is 4.99 Å². The van der Waals surface area contributed by atoms with Crippen molar-refractivity contribution in [3.63, 3.8) is 0 Å². The Bertz CT molecular complexity index is 374. The quantitative estimate of drug-likeness (QED) is 0.685. The highest BCUT2D eigenvalue weighted by Crippen LogP contribution is 2.09. The fourth-order valence-corrected chi connectivity index (χ4v) is 1.24. The Balaban J connectivity index is 2.41. The minimum absolute atomic E-state index is 0.841. The Kier molecular flexibility index (Phi) is 1.96. The van der Waals surface area contributed by atoms with E-state index in [4.69, 9.17) is 0 Å². The highest BCUT2D eigenvalue weighted by atomic mass is 14.9. The van der Waals surface area contributed by atoms with Crippen molar-refractivity contribution in [2.75, 3.05) is 0 Å². The predicted molar refractivity (Wildman–Crippen MR) is 54.4 cm³/mol. The molecule has 2 heteroatoms. The smallest absolute Gasteiger partial charge is 0.0930 e. The summed E-state index contributed by atoms with van der Waals surface area (Å²) in [6, 6.07) is 10.0. The minimum Gasteiger partial charge on any atom is -0.359 e. The lowest BCUT2D eigenvalue weighted by Gasteiger charge is -2.11. The molecule has 1 aromatic rings. The standard InChI is InChI=1S/C11H10N2/c1-9-11(13-8-7-12-9)10-5-3-2-4-6-10/h2-8,12H,1H2. The van der Waals surface area contributed by atoms with Crippen LogP contribution in [0.2, 0.25) is 0 Å². The van der Waals surface area contributed by atoms with E-state index in [1.54, 1.807) is 12.4 Å². The number of hydrogen-bond acceptors (Lipinski definition) is 2. The first-order chi connectivity index (χ1) is 6.38. The highest BCUT2D eigenvalue weighted by molar-refractivity contribution is 6.12. The monoisotopic (exact) mass is 170 g/mol. The molecular formula is C11H10N2. The molecule has 64 valence electrons. The highest BCUT2D eigenvalue weighted by Gasteiger charge is 2.07. The van der Waals surface area contributed by atoms with E-state index in [-0.39, 0.29) is 0 Å². The van der Waals surface area contributed by atoms with Gasteiger partial charge >= 0.3 is 0 Å². The summed E-state index contributed by atoms with van der Waals surface area (Å²) in [4.78, 5) is 4.25. The number of hydrogen-bond donors (Lipinski definition) is 1. The second-order valence-corrected chi connectivity index (χ2v) is 2.78. The summed E-state index contributed by atoms with van der Waals surface area (Å²) >= 11 is 0. The summed E-state index contributed by atoms with van der Waals surface area (Å²) in [6.07, 6.45) is 3.51. The molecule has 0 fully saturated rings. The van der Waals surface area contributed by atoms with Crippen LogP contribution in [0.25, 0.3) is 0 Å². The third-order valence-corrected chi connectivity index (χ3v) is 1.87. The summed E-state index contributed by atoms with van der Waals surface area (Å²) in [5.41, 5.74) is 2.83. The average Bonchev–Trinajstić information content (AvgIpc) is 2.20. The van der Waals surface area contributed by atoms with Crippen LogP contribution in [0.1, 0.15) is 5.56 Å². The molecule has 1 heterocycles.